The molecule has 1 aliphatic heterocycles. The molecule has 1 fully saturated rings. The smallest absolute Gasteiger partial charge is 0.140 e. The van der Waals surface area contributed by atoms with E-state index in [0.29, 0.717) is 12.1 Å². The number of ether oxygens (including phenoxy) is 1. The van der Waals surface area contributed by atoms with Crippen molar-refractivity contribution < 1.29 is 4.74 Å². The summed E-state index contributed by atoms with van der Waals surface area (Å²) in [5.41, 5.74) is 1.18. The van der Waals surface area contributed by atoms with Crippen LogP contribution >= 0.6 is 24.8 Å². The second-order valence-corrected chi connectivity index (χ2v) is 6.82. The van der Waals surface area contributed by atoms with E-state index in [-0.39, 0.29) is 24.8 Å². The van der Waals surface area contributed by atoms with Gasteiger partial charge in [-0.2, -0.15) is 0 Å². The average molecular weight is 408 g/mol. The van der Waals surface area contributed by atoms with Gasteiger partial charge >= 0.3 is 0 Å². The van der Waals surface area contributed by atoms with Gasteiger partial charge in [0.2, 0.25) is 0 Å². The van der Waals surface area contributed by atoms with Crippen molar-refractivity contribution in [1.82, 2.24) is 14.9 Å². The number of fused-ring (bicyclic) bond motifs is 1. The number of halogens is 2. The Morgan fingerprint density at radius 3 is 2.70 bits per heavy atom. The summed E-state index contributed by atoms with van der Waals surface area (Å²) in [6.07, 6.45) is 7.57. The Hall–Kier alpha value is -1.75. The first-order valence-corrected chi connectivity index (χ1v) is 9.13. The van der Waals surface area contributed by atoms with E-state index in [9.17, 15) is 0 Å². The Balaban J connectivity index is 0.00000131. The molecular formula is C21H27Cl2N3O. The molecule has 27 heavy (non-hydrogen) atoms. The lowest BCUT2D eigenvalue weighted by molar-refractivity contribution is 0.297. The molecule has 2 heterocycles. The van der Waals surface area contributed by atoms with Crippen LogP contribution in [-0.2, 0) is 0 Å². The van der Waals surface area contributed by atoms with E-state index in [0.717, 1.165) is 24.5 Å². The highest BCUT2D eigenvalue weighted by atomic mass is 35.5. The zero-order valence-corrected chi connectivity index (χ0v) is 17.4. The van der Waals surface area contributed by atoms with Crippen LogP contribution in [0, 0.1) is 0 Å². The van der Waals surface area contributed by atoms with Gasteiger partial charge in [0, 0.05) is 30.0 Å². The Labute approximate surface area is 173 Å². The van der Waals surface area contributed by atoms with Gasteiger partial charge in [-0.1, -0.05) is 25.1 Å². The third-order valence-corrected chi connectivity index (χ3v) is 5.33. The van der Waals surface area contributed by atoms with Crippen molar-refractivity contribution in [3.63, 3.8) is 0 Å². The summed E-state index contributed by atoms with van der Waals surface area (Å²) in [5, 5.41) is 6.01. The van der Waals surface area contributed by atoms with Crippen LogP contribution in [0.4, 0.5) is 0 Å². The summed E-state index contributed by atoms with van der Waals surface area (Å²) >= 11 is 0. The molecule has 1 aromatic heterocycles. The highest BCUT2D eigenvalue weighted by Gasteiger charge is 2.23. The largest absolute Gasteiger partial charge is 0.497 e. The number of piperidine rings is 1. The monoisotopic (exact) mass is 407 g/mol. The van der Waals surface area contributed by atoms with Crippen LogP contribution in [0.25, 0.3) is 22.2 Å². The summed E-state index contributed by atoms with van der Waals surface area (Å²) in [5.74, 6) is 1.96. The van der Waals surface area contributed by atoms with Gasteiger partial charge in [-0.3, -0.25) is 0 Å². The fourth-order valence-electron chi connectivity index (χ4n) is 3.87. The Kier molecular flexibility index (Phi) is 7.54. The standard InChI is InChI=1S/C21H25N3O.2ClH/c1-3-18-14-19(8-9-22-18)24-11-10-23-21(24)17-5-4-16-13-20(25-2)7-6-15(16)12-17;;/h4-7,10-13,18-19,22H,3,8-9,14H2,1-2H3;2*1H/t18-,19+;;/m0../s1. The van der Waals surface area contributed by atoms with Crippen molar-refractivity contribution in [3.8, 4) is 17.1 Å². The maximum atomic E-state index is 5.32. The molecule has 0 saturated carbocycles. The molecule has 3 aromatic rings. The van der Waals surface area contributed by atoms with Crippen LogP contribution in [0.5, 0.6) is 5.75 Å². The van der Waals surface area contributed by atoms with Crippen molar-refractivity contribution in [3.05, 3.63) is 48.8 Å². The number of benzene rings is 2. The van der Waals surface area contributed by atoms with Gasteiger partial charge in [0.05, 0.1) is 7.11 Å². The average Bonchev–Trinajstić information content (AvgIpc) is 3.17. The van der Waals surface area contributed by atoms with Crippen LogP contribution in [0.3, 0.4) is 0 Å². The first-order chi connectivity index (χ1) is 12.3. The third kappa shape index (κ3) is 4.40. The van der Waals surface area contributed by atoms with E-state index in [4.69, 9.17) is 4.74 Å². The SMILES string of the molecule is CC[C@H]1C[C@H](n2ccnc2-c2ccc3cc(OC)ccc3c2)CCN1.Cl.Cl. The van der Waals surface area contributed by atoms with E-state index in [1.165, 1.54) is 29.2 Å². The normalized spacial score (nSPS) is 19.2. The molecular weight excluding hydrogens is 381 g/mol. The lowest BCUT2D eigenvalue weighted by Crippen LogP contribution is -2.38. The summed E-state index contributed by atoms with van der Waals surface area (Å²) in [4.78, 5) is 4.67. The number of imidazole rings is 1. The van der Waals surface area contributed by atoms with Crippen molar-refractivity contribution >= 4 is 35.6 Å². The number of nitrogens with zero attached hydrogens (tertiary/aromatic N) is 2. The van der Waals surface area contributed by atoms with E-state index >= 15 is 0 Å². The molecule has 1 N–H and O–H groups in total. The molecule has 4 rings (SSSR count). The first kappa shape index (κ1) is 21.5. The summed E-state index contributed by atoms with van der Waals surface area (Å²) in [6, 6.07) is 13.9. The molecule has 146 valence electrons. The second-order valence-electron chi connectivity index (χ2n) is 6.82. The van der Waals surface area contributed by atoms with Gasteiger partial charge in [0.25, 0.3) is 0 Å². The predicted octanol–water partition coefficient (Wildman–Crippen LogP) is 5.26. The van der Waals surface area contributed by atoms with Gasteiger partial charge in [-0.15, -0.1) is 24.8 Å². The van der Waals surface area contributed by atoms with Crippen LogP contribution in [-0.4, -0.2) is 29.2 Å². The fourth-order valence-corrected chi connectivity index (χ4v) is 3.87. The molecule has 4 nitrogen and oxygen atoms in total. The van der Waals surface area contributed by atoms with E-state index < -0.39 is 0 Å². The molecule has 0 aliphatic carbocycles. The lowest BCUT2D eigenvalue weighted by atomic mass is 9.97. The number of aromatic nitrogens is 2. The predicted molar refractivity (Wildman–Crippen MR) is 117 cm³/mol. The van der Waals surface area contributed by atoms with Gasteiger partial charge in [-0.05, 0) is 54.8 Å². The first-order valence-electron chi connectivity index (χ1n) is 9.13. The number of hydrogen-bond donors (Lipinski definition) is 1. The minimum Gasteiger partial charge on any atom is -0.497 e. The molecule has 0 unspecified atom stereocenters. The number of hydrogen-bond acceptors (Lipinski definition) is 3. The van der Waals surface area contributed by atoms with Gasteiger partial charge in [0.15, 0.2) is 0 Å². The highest BCUT2D eigenvalue weighted by molar-refractivity contribution is 5.87. The van der Waals surface area contributed by atoms with E-state index in [1.54, 1.807) is 7.11 Å². The number of rotatable bonds is 4. The molecule has 0 amide bonds. The summed E-state index contributed by atoms with van der Waals surface area (Å²) < 4.78 is 7.69. The van der Waals surface area contributed by atoms with Gasteiger partial charge < -0.3 is 14.6 Å². The quantitative estimate of drug-likeness (QED) is 0.640. The molecule has 1 aliphatic rings. The minimum absolute atomic E-state index is 0. The van der Waals surface area contributed by atoms with Crippen LogP contribution in [0.1, 0.15) is 32.2 Å². The molecule has 2 atom stereocenters. The maximum Gasteiger partial charge on any atom is 0.140 e. The second kappa shape index (κ2) is 9.45. The van der Waals surface area contributed by atoms with Crippen LogP contribution in [0.2, 0.25) is 0 Å². The van der Waals surface area contributed by atoms with Crippen LogP contribution in [0.15, 0.2) is 48.8 Å². The molecule has 0 spiro atoms. The van der Waals surface area contributed by atoms with Crippen molar-refractivity contribution in [2.45, 2.75) is 38.3 Å². The Bertz CT molecular complexity index is 881. The van der Waals surface area contributed by atoms with E-state index in [1.807, 2.05) is 12.3 Å². The molecule has 0 bridgehead atoms. The minimum atomic E-state index is 0. The Morgan fingerprint density at radius 2 is 1.93 bits per heavy atom. The van der Waals surface area contributed by atoms with Crippen molar-refractivity contribution in [2.24, 2.45) is 0 Å². The Morgan fingerprint density at radius 1 is 1.15 bits per heavy atom. The van der Waals surface area contributed by atoms with Gasteiger partial charge in [0.1, 0.15) is 11.6 Å². The van der Waals surface area contributed by atoms with Crippen molar-refractivity contribution in [1.29, 1.82) is 0 Å². The lowest BCUT2D eigenvalue weighted by Gasteiger charge is -2.31. The molecule has 6 heteroatoms. The topological polar surface area (TPSA) is 39.1 Å². The highest BCUT2D eigenvalue weighted by Crippen LogP contribution is 2.31. The van der Waals surface area contributed by atoms with Crippen molar-refractivity contribution in [2.75, 3.05) is 13.7 Å². The number of methoxy groups -OCH3 is 1. The van der Waals surface area contributed by atoms with Crippen LogP contribution < -0.4 is 10.1 Å². The van der Waals surface area contributed by atoms with E-state index in [2.05, 4.69) is 58.3 Å². The number of nitrogens with one attached hydrogen (secondary N) is 1. The third-order valence-electron chi connectivity index (χ3n) is 5.33. The summed E-state index contributed by atoms with van der Waals surface area (Å²) in [7, 11) is 1.70. The fraction of sp³-hybridized carbons (Fsp3) is 0.381. The molecule has 2 aromatic carbocycles. The molecule has 0 radical (unpaired) electrons. The molecule has 1 saturated heterocycles. The zero-order valence-electron chi connectivity index (χ0n) is 15.7. The maximum absolute atomic E-state index is 5.32. The summed E-state index contributed by atoms with van der Waals surface area (Å²) in [6.45, 7) is 3.34. The zero-order chi connectivity index (χ0) is 17.2. The van der Waals surface area contributed by atoms with Gasteiger partial charge in [-0.25, -0.2) is 4.98 Å².